The van der Waals surface area contributed by atoms with Crippen LogP contribution in [0, 0.1) is 11.6 Å². The molecule has 152 valence electrons. The van der Waals surface area contributed by atoms with Crippen LogP contribution in [0.25, 0.3) is 0 Å². The Morgan fingerprint density at radius 1 is 1.21 bits per heavy atom. The highest BCUT2D eigenvalue weighted by Gasteiger charge is 2.16. The van der Waals surface area contributed by atoms with E-state index < -0.39 is 27.4 Å². The van der Waals surface area contributed by atoms with Crippen molar-refractivity contribution in [2.45, 2.75) is 26.1 Å². The fourth-order valence-corrected chi connectivity index (χ4v) is 2.32. The van der Waals surface area contributed by atoms with Crippen molar-refractivity contribution in [3.63, 3.8) is 0 Å². The number of pyridine rings is 1. The third kappa shape index (κ3) is 6.95. The van der Waals surface area contributed by atoms with Crippen LogP contribution in [0.2, 0.25) is 0 Å². The van der Waals surface area contributed by atoms with Gasteiger partial charge in [0.05, 0.1) is 24.2 Å². The molecule has 0 saturated carbocycles. The van der Waals surface area contributed by atoms with E-state index in [1.165, 1.54) is 32.2 Å². The number of hydrogen-bond donors (Lipinski definition) is 1. The summed E-state index contributed by atoms with van der Waals surface area (Å²) in [5.74, 6) is -2.08. The topological polar surface area (TPSA) is 98.1 Å². The molecule has 1 aromatic carbocycles. The summed E-state index contributed by atoms with van der Waals surface area (Å²) in [6.07, 6.45) is 2.30. The predicted molar refractivity (Wildman–Crippen MR) is 98.1 cm³/mol. The van der Waals surface area contributed by atoms with Crippen molar-refractivity contribution < 1.29 is 31.3 Å². The Balaban J connectivity index is 2.32. The van der Waals surface area contributed by atoms with Gasteiger partial charge in [0.1, 0.15) is 12.3 Å². The molecule has 28 heavy (non-hydrogen) atoms. The molecule has 2 rings (SSSR count). The van der Waals surface area contributed by atoms with Crippen LogP contribution < -0.4 is 0 Å². The lowest BCUT2D eigenvalue weighted by atomic mass is 10.1. The summed E-state index contributed by atoms with van der Waals surface area (Å²) < 4.78 is 53.7. The average molecular weight is 414 g/mol. The highest BCUT2D eigenvalue weighted by Crippen LogP contribution is 2.15. The summed E-state index contributed by atoms with van der Waals surface area (Å²) in [6, 6.07) is 6.27. The smallest absolute Gasteiger partial charge is 0.264 e. The summed E-state index contributed by atoms with van der Waals surface area (Å²) in [4.78, 5) is 9.30. The second-order valence-electron chi connectivity index (χ2n) is 6.67. The van der Waals surface area contributed by atoms with Crippen LogP contribution >= 0.6 is 0 Å². The van der Waals surface area contributed by atoms with Gasteiger partial charge in [-0.3, -0.25) is 9.17 Å². The Kier molecular flexibility index (Phi) is 6.81. The Hall–Kier alpha value is -2.43. The minimum absolute atomic E-state index is 0.110. The SMILES string of the molecule is CC(C)(O)CO/N=C(\c1ccc(F)c(F)c1)c1ccc(COS(C)(=O)=O)cn1. The van der Waals surface area contributed by atoms with Gasteiger partial charge in [0.15, 0.2) is 11.6 Å². The molecule has 0 unspecified atom stereocenters. The monoisotopic (exact) mass is 414 g/mol. The van der Waals surface area contributed by atoms with Gasteiger partial charge in [-0.2, -0.15) is 8.42 Å². The van der Waals surface area contributed by atoms with Gasteiger partial charge >= 0.3 is 0 Å². The molecule has 0 amide bonds. The molecule has 7 nitrogen and oxygen atoms in total. The summed E-state index contributed by atoms with van der Waals surface area (Å²) in [7, 11) is -3.60. The predicted octanol–water partition coefficient (Wildman–Crippen LogP) is 2.38. The number of aliphatic hydroxyl groups is 1. The second-order valence-corrected chi connectivity index (χ2v) is 8.32. The van der Waals surface area contributed by atoms with Gasteiger partial charge in [0, 0.05) is 11.8 Å². The molecule has 10 heteroatoms. The number of rotatable bonds is 8. The molecule has 1 aromatic heterocycles. The van der Waals surface area contributed by atoms with Gasteiger partial charge < -0.3 is 9.94 Å². The van der Waals surface area contributed by atoms with Crippen LogP contribution in [-0.2, 0) is 25.7 Å². The van der Waals surface area contributed by atoms with E-state index in [-0.39, 0.29) is 30.2 Å². The summed E-state index contributed by atoms with van der Waals surface area (Å²) in [5.41, 5.74) is -0.0785. The largest absolute Gasteiger partial charge is 0.392 e. The molecule has 1 N–H and O–H groups in total. The maximum absolute atomic E-state index is 13.6. The zero-order chi connectivity index (χ0) is 20.9. The van der Waals surface area contributed by atoms with Crippen molar-refractivity contribution in [3.05, 3.63) is 65.0 Å². The molecule has 0 spiro atoms. The molecular weight excluding hydrogens is 394 g/mol. The first-order valence-corrected chi connectivity index (χ1v) is 9.94. The van der Waals surface area contributed by atoms with Crippen LogP contribution in [0.3, 0.4) is 0 Å². The lowest BCUT2D eigenvalue weighted by Crippen LogP contribution is -2.25. The first-order chi connectivity index (χ1) is 12.9. The third-order valence-corrected chi connectivity index (χ3v) is 3.82. The Labute approximate surface area is 161 Å². The lowest BCUT2D eigenvalue weighted by molar-refractivity contribution is -0.0189. The van der Waals surface area contributed by atoms with Crippen molar-refractivity contribution >= 4 is 15.8 Å². The van der Waals surface area contributed by atoms with Gasteiger partial charge in [-0.25, -0.2) is 8.78 Å². The number of hydrogen-bond acceptors (Lipinski definition) is 7. The number of nitrogens with zero attached hydrogens (tertiary/aromatic N) is 2. The lowest BCUT2D eigenvalue weighted by Gasteiger charge is -2.15. The zero-order valence-corrected chi connectivity index (χ0v) is 16.3. The van der Waals surface area contributed by atoms with E-state index >= 15 is 0 Å². The van der Waals surface area contributed by atoms with Crippen molar-refractivity contribution in [1.29, 1.82) is 0 Å². The normalized spacial score (nSPS) is 12.9. The quantitative estimate of drug-likeness (QED) is 0.405. The molecule has 0 atom stereocenters. The summed E-state index contributed by atoms with van der Waals surface area (Å²) in [5, 5.41) is 13.6. The Bertz CT molecular complexity index is 955. The van der Waals surface area contributed by atoms with E-state index in [4.69, 9.17) is 4.84 Å². The molecule has 2 aromatic rings. The molecule has 0 aliphatic heterocycles. The maximum Gasteiger partial charge on any atom is 0.264 e. The molecule has 0 saturated heterocycles. The van der Waals surface area contributed by atoms with Crippen LogP contribution in [-0.4, -0.2) is 42.7 Å². The van der Waals surface area contributed by atoms with Crippen molar-refractivity contribution in [3.8, 4) is 0 Å². The average Bonchev–Trinajstić information content (AvgIpc) is 2.59. The molecule has 0 aliphatic rings. The Morgan fingerprint density at radius 3 is 2.46 bits per heavy atom. The Morgan fingerprint density at radius 2 is 1.93 bits per heavy atom. The van der Waals surface area contributed by atoms with E-state index in [1.807, 2.05) is 0 Å². The van der Waals surface area contributed by atoms with Gasteiger partial charge in [0.2, 0.25) is 0 Å². The fourth-order valence-electron chi connectivity index (χ4n) is 1.97. The highest BCUT2D eigenvalue weighted by atomic mass is 32.2. The van der Waals surface area contributed by atoms with E-state index in [0.717, 1.165) is 18.4 Å². The van der Waals surface area contributed by atoms with Gasteiger partial charge in [-0.15, -0.1) is 0 Å². The van der Waals surface area contributed by atoms with E-state index in [9.17, 15) is 22.3 Å². The molecule has 1 heterocycles. The van der Waals surface area contributed by atoms with Crippen molar-refractivity contribution in [2.24, 2.45) is 5.16 Å². The molecule has 0 bridgehead atoms. The van der Waals surface area contributed by atoms with Crippen molar-refractivity contribution in [1.82, 2.24) is 4.98 Å². The first-order valence-electron chi connectivity index (χ1n) is 8.12. The van der Waals surface area contributed by atoms with Gasteiger partial charge in [0.25, 0.3) is 10.1 Å². The fraction of sp³-hybridized carbons (Fsp3) is 0.333. The number of benzene rings is 1. The number of aromatic nitrogens is 1. The van der Waals surface area contributed by atoms with Crippen LogP contribution in [0.15, 0.2) is 41.7 Å². The van der Waals surface area contributed by atoms with E-state index in [0.29, 0.717) is 5.56 Å². The number of halogens is 2. The van der Waals surface area contributed by atoms with Crippen LogP contribution in [0.5, 0.6) is 0 Å². The van der Waals surface area contributed by atoms with Crippen LogP contribution in [0.1, 0.15) is 30.7 Å². The maximum atomic E-state index is 13.6. The summed E-state index contributed by atoms with van der Waals surface area (Å²) >= 11 is 0. The first kappa shape index (κ1) is 21.9. The third-order valence-electron chi connectivity index (χ3n) is 3.27. The molecule has 0 radical (unpaired) electrons. The van der Waals surface area contributed by atoms with Crippen LogP contribution in [0.4, 0.5) is 8.78 Å². The number of oxime groups is 1. The van der Waals surface area contributed by atoms with E-state index in [2.05, 4.69) is 14.3 Å². The highest BCUT2D eigenvalue weighted by molar-refractivity contribution is 7.85. The molecule has 0 fully saturated rings. The minimum Gasteiger partial charge on any atom is -0.392 e. The second kappa shape index (κ2) is 8.72. The van der Waals surface area contributed by atoms with Gasteiger partial charge in [-0.1, -0.05) is 11.2 Å². The zero-order valence-electron chi connectivity index (χ0n) is 15.5. The molecular formula is C18H20F2N2O5S. The summed E-state index contributed by atoms with van der Waals surface area (Å²) in [6.45, 7) is 2.71. The van der Waals surface area contributed by atoms with Gasteiger partial charge in [-0.05, 0) is 43.7 Å². The standard InChI is InChI=1S/C18H20F2N2O5S/c1-18(2,23)11-26-22-17(13-5-6-14(19)15(20)8-13)16-7-4-12(9-21-16)10-27-28(3,24)25/h4-9,23H,10-11H2,1-3H3/b22-17+. The minimum atomic E-state index is -3.60. The van der Waals surface area contributed by atoms with E-state index in [1.54, 1.807) is 6.07 Å². The molecule has 0 aliphatic carbocycles. The van der Waals surface area contributed by atoms with Crippen molar-refractivity contribution in [2.75, 3.05) is 12.9 Å².